The molecule has 0 N–H and O–H groups in total. The number of aromatic nitrogens is 1. The maximum Gasteiger partial charge on any atom is 0.0547 e. The molecule has 0 aliphatic rings. The summed E-state index contributed by atoms with van der Waals surface area (Å²) in [5.41, 5.74) is 16.3. The molecule has 11 aromatic rings. The molecule has 0 fully saturated rings. The molecule has 2 nitrogen and oxygen atoms in total. The minimum absolute atomic E-state index is 1.09. The molecule has 0 atom stereocenters. The van der Waals surface area contributed by atoms with Crippen molar-refractivity contribution in [3.63, 3.8) is 0 Å². The average molecular weight is 765 g/mol. The Hall–Kier alpha value is -7.94. The fourth-order valence-corrected chi connectivity index (χ4v) is 9.09. The van der Waals surface area contributed by atoms with Crippen LogP contribution in [0.15, 0.2) is 243 Å². The van der Waals surface area contributed by atoms with Crippen LogP contribution in [0.1, 0.15) is 0 Å². The van der Waals surface area contributed by atoms with Gasteiger partial charge in [0.15, 0.2) is 0 Å². The predicted octanol–water partition coefficient (Wildman–Crippen LogP) is 16.1. The molecule has 0 unspecified atom stereocenters. The van der Waals surface area contributed by atoms with Gasteiger partial charge in [-0.2, -0.15) is 0 Å². The Balaban J connectivity index is 1.08. The molecule has 0 aliphatic carbocycles. The van der Waals surface area contributed by atoms with E-state index in [1.165, 1.54) is 66.0 Å². The van der Waals surface area contributed by atoms with E-state index in [2.05, 4.69) is 252 Å². The van der Waals surface area contributed by atoms with E-state index in [0.29, 0.717) is 0 Å². The van der Waals surface area contributed by atoms with Gasteiger partial charge in [-0.3, -0.25) is 0 Å². The molecule has 60 heavy (non-hydrogen) atoms. The van der Waals surface area contributed by atoms with Crippen molar-refractivity contribution in [1.29, 1.82) is 0 Å². The van der Waals surface area contributed by atoms with Crippen LogP contribution >= 0.6 is 0 Å². The van der Waals surface area contributed by atoms with Crippen molar-refractivity contribution in [2.45, 2.75) is 0 Å². The normalized spacial score (nSPS) is 11.3. The zero-order chi connectivity index (χ0) is 39.8. The van der Waals surface area contributed by atoms with Gasteiger partial charge in [-0.15, -0.1) is 0 Å². The van der Waals surface area contributed by atoms with Crippen molar-refractivity contribution in [3.8, 4) is 50.2 Å². The lowest BCUT2D eigenvalue weighted by molar-refractivity contribution is 1.18. The van der Waals surface area contributed by atoms with Gasteiger partial charge in [-0.1, -0.05) is 188 Å². The Bertz CT molecular complexity index is 3300. The van der Waals surface area contributed by atoms with Crippen LogP contribution in [0.4, 0.5) is 17.1 Å². The van der Waals surface area contributed by atoms with Crippen LogP contribution < -0.4 is 4.90 Å². The van der Waals surface area contributed by atoms with Gasteiger partial charge in [-0.25, -0.2) is 0 Å². The smallest absolute Gasteiger partial charge is 0.0547 e. The Labute approximate surface area is 350 Å². The number of hydrogen-bond acceptors (Lipinski definition) is 1. The summed E-state index contributed by atoms with van der Waals surface area (Å²) in [4.78, 5) is 2.44. The highest BCUT2D eigenvalue weighted by atomic mass is 15.1. The molecule has 0 aliphatic heterocycles. The summed E-state index contributed by atoms with van der Waals surface area (Å²) in [5.74, 6) is 0. The van der Waals surface area contributed by atoms with Crippen LogP contribution in [-0.2, 0) is 0 Å². The Morgan fingerprint density at radius 3 is 1.55 bits per heavy atom. The summed E-state index contributed by atoms with van der Waals surface area (Å²) in [6.45, 7) is 0. The van der Waals surface area contributed by atoms with Crippen LogP contribution in [-0.4, -0.2) is 4.57 Å². The fraction of sp³-hybridized carbons (Fsp3) is 0. The number of fused-ring (bicyclic) bond motifs is 4. The van der Waals surface area contributed by atoms with Gasteiger partial charge in [-0.05, 0) is 98.8 Å². The number of nitrogens with zero attached hydrogens (tertiary/aromatic N) is 2. The second-order valence-electron chi connectivity index (χ2n) is 15.3. The van der Waals surface area contributed by atoms with Crippen LogP contribution in [0.5, 0.6) is 0 Å². The first-order chi connectivity index (χ1) is 29.8. The molecule has 11 rings (SSSR count). The van der Waals surface area contributed by atoms with E-state index in [-0.39, 0.29) is 0 Å². The second kappa shape index (κ2) is 15.1. The highest BCUT2D eigenvalue weighted by Crippen LogP contribution is 2.46. The summed E-state index contributed by atoms with van der Waals surface area (Å²) < 4.78 is 2.39. The molecular formula is C58H40N2. The molecule has 2 heteroatoms. The third-order valence-electron chi connectivity index (χ3n) is 11.8. The lowest BCUT2D eigenvalue weighted by Gasteiger charge is -2.30. The molecule has 282 valence electrons. The lowest BCUT2D eigenvalue weighted by atomic mass is 9.94. The first-order valence-electron chi connectivity index (χ1n) is 20.6. The largest absolute Gasteiger partial charge is 0.309 e. The minimum Gasteiger partial charge on any atom is -0.309 e. The summed E-state index contributed by atoms with van der Waals surface area (Å²) in [7, 11) is 0. The van der Waals surface area contributed by atoms with Crippen LogP contribution in [0.25, 0.3) is 82.8 Å². The molecule has 1 aromatic heterocycles. The fourth-order valence-electron chi connectivity index (χ4n) is 9.09. The van der Waals surface area contributed by atoms with E-state index in [0.717, 1.165) is 33.9 Å². The third kappa shape index (κ3) is 6.14. The van der Waals surface area contributed by atoms with E-state index in [9.17, 15) is 0 Å². The SMILES string of the molecule is c1ccc(-c2ccccc2N(c2ccc(-c3cccc4ccccc34)cc2)c2ccccc2-c2cccc(-c3cccc4c3c3ccccc3n4-c3ccccc3)c2)cc1. The van der Waals surface area contributed by atoms with Crippen molar-refractivity contribution in [3.05, 3.63) is 243 Å². The molecule has 1 heterocycles. The number of hydrogen-bond donors (Lipinski definition) is 0. The Morgan fingerprint density at radius 2 is 0.783 bits per heavy atom. The molecule has 0 bridgehead atoms. The number of anilines is 3. The van der Waals surface area contributed by atoms with Gasteiger partial charge in [0.25, 0.3) is 0 Å². The molecule has 0 saturated carbocycles. The van der Waals surface area contributed by atoms with Crippen LogP contribution in [0, 0.1) is 0 Å². The maximum atomic E-state index is 2.44. The summed E-state index contributed by atoms with van der Waals surface area (Å²) >= 11 is 0. The van der Waals surface area contributed by atoms with Gasteiger partial charge >= 0.3 is 0 Å². The van der Waals surface area contributed by atoms with E-state index < -0.39 is 0 Å². The van der Waals surface area contributed by atoms with E-state index in [1.807, 2.05) is 0 Å². The summed E-state index contributed by atoms with van der Waals surface area (Å²) in [6.07, 6.45) is 0. The van der Waals surface area contributed by atoms with Crippen molar-refractivity contribution in [2.24, 2.45) is 0 Å². The summed E-state index contributed by atoms with van der Waals surface area (Å²) in [5, 5.41) is 5.00. The standard InChI is InChI=1S/C58H40N2/c1-3-18-42(19-4-1)50-27-9-12-32-54(50)59(47-38-36-43(37-39-47)49-30-16-21-41-20-7-8-26-48(41)49)55-33-13-10-28-51(55)44-22-15-23-45(40-44)52-31-17-35-57-58(52)53-29-11-14-34-56(53)60(57)46-24-5-2-6-25-46/h1-40H. The van der Waals surface area contributed by atoms with E-state index >= 15 is 0 Å². The van der Waals surface area contributed by atoms with E-state index in [4.69, 9.17) is 0 Å². The minimum atomic E-state index is 1.09. The number of para-hydroxylation sites is 4. The predicted molar refractivity (Wildman–Crippen MR) is 255 cm³/mol. The molecule has 10 aromatic carbocycles. The number of rotatable bonds is 8. The monoisotopic (exact) mass is 764 g/mol. The number of benzene rings is 10. The van der Waals surface area contributed by atoms with Gasteiger partial charge in [0.2, 0.25) is 0 Å². The van der Waals surface area contributed by atoms with Crippen LogP contribution in [0.3, 0.4) is 0 Å². The first-order valence-corrected chi connectivity index (χ1v) is 20.6. The maximum absolute atomic E-state index is 2.44. The average Bonchev–Trinajstić information content (AvgIpc) is 3.67. The molecular weight excluding hydrogens is 725 g/mol. The quantitative estimate of drug-likeness (QED) is 0.150. The van der Waals surface area contributed by atoms with E-state index in [1.54, 1.807) is 0 Å². The highest BCUT2D eigenvalue weighted by Gasteiger charge is 2.22. The third-order valence-corrected chi connectivity index (χ3v) is 11.8. The van der Waals surface area contributed by atoms with Crippen molar-refractivity contribution >= 4 is 49.6 Å². The van der Waals surface area contributed by atoms with Gasteiger partial charge in [0.05, 0.1) is 22.4 Å². The lowest BCUT2D eigenvalue weighted by Crippen LogP contribution is -2.12. The van der Waals surface area contributed by atoms with Crippen molar-refractivity contribution < 1.29 is 0 Å². The second-order valence-corrected chi connectivity index (χ2v) is 15.3. The van der Waals surface area contributed by atoms with Crippen molar-refractivity contribution in [1.82, 2.24) is 4.57 Å². The zero-order valence-electron chi connectivity index (χ0n) is 33.0. The molecule has 0 saturated heterocycles. The first kappa shape index (κ1) is 35.2. The zero-order valence-corrected chi connectivity index (χ0v) is 33.0. The molecule has 0 amide bonds. The van der Waals surface area contributed by atoms with Gasteiger partial charge in [0, 0.05) is 33.3 Å². The van der Waals surface area contributed by atoms with Gasteiger partial charge in [0.1, 0.15) is 0 Å². The van der Waals surface area contributed by atoms with Gasteiger partial charge < -0.3 is 9.47 Å². The summed E-state index contributed by atoms with van der Waals surface area (Å²) in [6, 6.07) is 87.8. The van der Waals surface area contributed by atoms with Crippen molar-refractivity contribution in [2.75, 3.05) is 4.90 Å². The topological polar surface area (TPSA) is 8.17 Å². The highest BCUT2D eigenvalue weighted by molar-refractivity contribution is 6.16. The Morgan fingerprint density at radius 1 is 0.300 bits per heavy atom. The molecule has 0 spiro atoms. The molecule has 0 radical (unpaired) electrons. The Kier molecular flexibility index (Phi) is 8.87. The van der Waals surface area contributed by atoms with Crippen LogP contribution in [0.2, 0.25) is 0 Å².